The SMILES string of the molecule is NC12CCC(CC1)C(O)(CNC(=S)Nc1nc3ccccc3s1)C2. The van der Waals surface area contributed by atoms with Gasteiger partial charge in [-0.15, -0.1) is 0 Å². The molecule has 2 bridgehead atoms. The molecule has 3 aliphatic carbocycles. The van der Waals surface area contributed by atoms with Gasteiger partial charge in [0.2, 0.25) is 0 Å². The number of thiocarbonyl (C=S) groups is 1. The molecule has 0 radical (unpaired) electrons. The lowest BCUT2D eigenvalue weighted by atomic mass is 9.58. The number of hydrogen-bond donors (Lipinski definition) is 4. The third kappa shape index (κ3) is 3.01. The molecular formula is C17H22N4OS2. The molecule has 1 heterocycles. The number of para-hydroxylation sites is 1. The number of anilines is 1. The zero-order valence-corrected chi connectivity index (χ0v) is 15.1. The highest BCUT2D eigenvalue weighted by atomic mass is 32.1. The minimum Gasteiger partial charge on any atom is -0.388 e. The lowest BCUT2D eigenvalue weighted by Crippen LogP contribution is -2.63. The number of rotatable bonds is 3. The van der Waals surface area contributed by atoms with Crippen LogP contribution in [0.2, 0.25) is 0 Å². The third-order valence-corrected chi connectivity index (χ3v) is 6.67. The molecule has 5 nitrogen and oxygen atoms in total. The number of aromatic nitrogens is 1. The number of nitrogens with zero attached hydrogens (tertiary/aromatic N) is 1. The van der Waals surface area contributed by atoms with Crippen molar-refractivity contribution in [3.05, 3.63) is 24.3 Å². The van der Waals surface area contributed by atoms with Crippen LogP contribution >= 0.6 is 23.6 Å². The molecule has 0 amide bonds. The van der Waals surface area contributed by atoms with Crippen LogP contribution in [0.3, 0.4) is 0 Å². The van der Waals surface area contributed by atoms with E-state index in [1.807, 2.05) is 24.3 Å². The Hall–Kier alpha value is -1.28. The molecule has 128 valence electrons. The van der Waals surface area contributed by atoms with Gasteiger partial charge in [-0.05, 0) is 62.4 Å². The molecule has 1 aromatic carbocycles. The van der Waals surface area contributed by atoms with Gasteiger partial charge in [0.15, 0.2) is 10.2 Å². The highest BCUT2D eigenvalue weighted by Gasteiger charge is 2.51. The largest absolute Gasteiger partial charge is 0.388 e. The summed E-state index contributed by atoms with van der Waals surface area (Å²) in [4.78, 5) is 4.51. The first-order chi connectivity index (χ1) is 11.5. The second-order valence-electron chi connectivity index (χ2n) is 7.21. The summed E-state index contributed by atoms with van der Waals surface area (Å²) in [5, 5.41) is 18.6. The van der Waals surface area contributed by atoms with E-state index < -0.39 is 5.60 Å². The lowest BCUT2D eigenvalue weighted by Gasteiger charge is -2.53. The first kappa shape index (κ1) is 16.2. The Morgan fingerprint density at radius 1 is 1.38 bits per heavy atom. The molecule has 5 N–H and O–H groups in total. The van der Waals surface area contributed by atoms with Crippen LogP contribution < -0.4 is 16.4 Å². The predicted octanol–water partition coefficient (Wildman–Crippen LogP) is 2.61. The van der Waals surface area contributed by atoms with Crippen molar-refractivity contribution in [1.29, 1.82) is 0 Å². The van der Waals surface area contributed by atoms with Crippen molar-refractivity contribution in [1.82, 2.24) is 10.3 Å². The molecule has 5 rings (SSSR count). The van der Waals surface area contributed by atoms with Crippen LogP contribution in [0.15, 0.2) is 24.3 Å². The van der Waals surface area contributed by atoms with Crippen molar-refractivity contribution in [3.63, 3.8) is 0 Å². The average Bonchev–Trinajstić information content (AvgIpc) is 2.95. The number of nitrogens with one attached hydrogen (secondary N) is 2. The highest BCUT2D eigenvalue weighted by molar-refractivity contribution is 7.80. The van der Waals surface area contributed by atoms with E-state index in [9.17, 15) is 5.11 Å². The average molecular weight is 363 g/mol. The Balaban J connectivity index is 1.38. The third-order valence-electron chi connectivity index (χ3n) is 5.47. The van der Waals surface area contributed by atoms with E-state index >= 15 is 0 Å². The summed E-state index contributed by atoms with van der Waals surface area (Å²) in [5.74, 6) is 0.320. The minimum absolute atomic E-state index is 0.201. The van der Waals surface area contributed by atoms with E-state index in [0.717, 1.165) is 41.0 Å². The van der Waals surface area contributed by atoms with Crippen molar-refractivity contribution in [2.75, 3.05) is 11.9 Å². The summed E-state index contributed by atoms with van der Waals surface area (Å²) >= 11 is 6.94. The van der Waals surface area contributed by atoms with E-state index in [2.05, 4.69) is 15.6 Å². The normalized spacial score (nSPS) is 32.0. The molecule has 0 saturated heterocycles. The maximum absolute atomic E-state index is 11.0. The summed E-state index contributed by atoms with van der Waals surface area (Å²) in [7, 11) is 0. The predicted molar refractivity (Wildman–Crippen MR) is 102 cm³/mol. The first-order valence-electron chi connectivity index (χ1n) is 8.38. The Bertz CT molecular complexity index is 736. The van der Waals surface area contributed by atoms with Gasteiger partial charge in [0.25, 0.3) is 0 Å². The molecular weight excluding hydrogens is 340 g/mol. The molecule has 0 aliphatic heterocycles. The number of benzene rings is 1. The minimum atomic E-state index is -0.759. The second kappa shape index (κ2) is 5.91. The van der Waals surface area contributed by atoms with Crippen LogP contribution in [0, 0.1) is 5.92 Å². The smallest absolute Gasteiger partial charge is 0.190 e. The maximum atomic E-state index is 11.0. The zero-order valence-electron chi connectivity index (χ0n) is 13.4. The van der Waals surface area contributed by atoms with E-state index in [-0.39, 0.29) is 5.54 Å². The molecule has 2 aromatic rings. The molecule has 3 saturated carbocycles. The molecule has 7 heteroatoms. The summed E-state index contributed by atoms with van der Waals surface area (Å²) in [6.45, 7) is 0.438. The molecule has 3 fully saturated rings. The van der Waals surface area contributed by atoms with Crippen molar-refractivity contribution in [2.45, 2.75) is 43.2 Å². The van der Waals surface area contributed by atoms with Gasteiger partial charge in [-0.1, -0.05) is 23.5 Å². The summed E-state index contributed by atoms with van der Waals surface area (Å²) < 4.78 is 1.12. The first-order valence-corrected chi connectivity index (χ1v) is 9.60. The van der Waals surface area contributed by atoms with Crippen LogP contribution in [0.1, 0.15) is 32.1 Å². The molecule has 1 aromatic heterocycles. The van der Waals surface area contributed by atoms with E-state index in [4.69, 9.17) is 18.0 Å². The van der Waals surface area contributed by atoms with E-state index in [0.29, 0.717) is 24.0 Å². The quantitative estimate of drug-likeness (QED) is 0.628. The van der Waals surface area contributed by atoms with Gasteiger partial charge in [-0.2, -0.15) is 0 Å². The van der Waals surface area contributed by atoms with Gasteiger partial charge in [-0.25, -0.2) is 4.98 Å². The van der Waals surface area contributed by atoms with E-state index in [1.54, 1.807) is 11.3 Å². The number of nitrogens with two attached hydrogens (primary N) is 1. The van der Waals surface area contributed by atoms with Gasteiger partial charge in [0.05, 0.1) is 15.8 Å². The Kier molecular flexibility index (Phi) is 3.99. The summed E-state index contributed by atoms with van der Waals surface area (Å²) in [6, 6.07) is 7.99. The van der Waals surface area contributed by atoms with Crippen LogP contribution in [0.5, 0.6) is 0 Å². The maximum Gasteiger partial charge on any atom is 0.190 e. The lowest BCUT2D eigenvalue weighted by molar-refractivity contribution is -0.101. The fraction of sp³-hybridized carbons (Fsp3) is 0.529. The number of thiazole rings is 1. The summed E-state index contributed by atoms with van der Waals surface area (Å²) in [6.07, 6.45) is 4.71. The zero-order chi connectivity index (χ0) is 16.8. The van der Waals surface area contributed by atoms with E-state index in [1.165, 1.54) is 0 Å². The molecule has 0 spiro atoms. The van der Waals surface area contributed by atoms with Crippen LogP contribution in [-0.2, 0) is 0 Å². The fourth-order valence-corrected chi connectivity index (χ4v) is 5.27. The van der Waals surface area contributed by atoms with Gasteiger partial charge in [-0.3, -0.25) is 0 Å². The van der Waals surface area contributed by atoms with Gasteiger partial charge >= 0.3 is 0 Å². The highest BCUT2D eigenvalue weighted by Crippen LogP contribution is 2.48. The van der Waals surface area contributed by atoms with Crippen LogP contribution in [0.25, 0.3) is 10.2 Å². The van der Waals surface area contributed by atoms with Crippen molar-refractivity contribution in [2.24, 2.45) is 11.7 Å². The topological polar surface area (TPSA) is 83.2 Å². The van der Waals surface area contributed by atoms with Gasteiger partial charge < -0.3 is 21.5 Å². The monoisotopic (exact) mass is 362 g/mol. The van der Waals surface area contributed by atoms with Crippen molar-refractivity contribution < 1.29 is 5.11 Å². The van der Waals surface area contributed by atoms with Crippen molar-refractivity contribution >= 4 is 44.0 Å². The summed E-state index contributed by atoms with van der Waals surface area (Å²) in [5.41, 5.74) is 6.40. The van der Waals surface area contributed by atoms with Crippen LogP contribution in [-0.4, -0.2) is 32.9 Å². The molecule has 1 atom stereocenters. The number of fused-ring (bicyclic) bond motifs is 4. The Morgan fingerprint density at radius 3 is 2.83 bits per heavy atom. The fourth-order valence-electron chi connectivity index (χ4n) is 4.17. The standard InChI is InChI=1S/C17H22N4OS2/c18-16-7-5-11(6-8-16)17(22,9-16)10-19-14(23)21-15-20-12-3-1-2-4-13(12)24-15/h1-4,11,22H,5-10,18H2,(H2,19,20,21,23). The van der Waals surface area contributed by atoms with Gasteiger partial charge in [0.1, 0.15) is 0 Å². The number of aliphatic hydroxyl groups is 1. The molecule has 3 aliphatic rings. The van der Waals surface area contributed by atoms with Crippen LogP contribution in [0.4, 0.5) is 5.13 Å². The Labute approximate surface area is 150 Å². The number of hydrogen-bond acceptors (Lipinski definition) is 5. The van der Waals surface area contributed by atoms with Crippen molar-refractivity contribution in [3.8, 4) is 0 Å². The van der Waals surface area contributed by atoms with Gasteiger partial charge in [0, 0.05) is 12.1 Å². The second-order valence-corrected chi connectivity index (χ2v) is 8.65. The Morgan fingerprint density at radius 2 is 2.12 bits per heavy atom. The molecule has 1 unspecified atom stereocenters. The molecule has 24 heavy (non-hydrogen) atoms.